The highest BCUT2D eigenvalue weighted by Gasteiger charge is 2.51. The molecule has 6 heterocycles. The van der Waals surface area contributed by atoms with Crippen LogP contribution in [0.1, 0.15) is 101 Å². The van der Waals surface area contributed by atoms with Crippen LogP contribution in [-0.4, -0.2) is 6.71 Å². The summed E-state index contributed by atoms with van der Waals surface area (Å²) < 4.78 is 17.6. The highest BCUT2D eigenvalue weighted by Crippen LogP contribution is 2.54. The van der Waals surface area contributed by atoms with Crippen LogP contribution in [-0.2, 0) is 16.2 Å². The number of hydrogen-bond acceptors (Lipinski definition) is 6. The van der Waals surface area contributed by atoms with Crippen LogP contribution in [0.3, 0.4) is 0 Å². The molecule has 362 valence electrons. The van der Waals surface area contributed by atoms with Crippen LogP contribution in [0, 0.1) is 27.7 Å². The molecular formula is C66H61BN2O2S2. The van der Waals surface area contributed by atoms with E-state index in [4.69, 9.17) is 8.83 Å². The van der Waals surface area contributed by atoms with Crippen LogP contribution in [0.2, 0.25) is 0 Å². The van der Waals surface area contributed by atoms with Gasteiger partial charge in [-0.2, -0.15) is 0 Å². The van der Waals surface area contributed by atoms with Gasteiger partial charge in [0.1, 0.15) is 22.5 Å². The van der Waals surface area contributed by atoms with Crippen molar-refractivity contribution in [2.24, 2.45) is 0 Å². The third-order valence-electron chi connectivity index (χ3n) is 16.1. The van der Waals surface area contributed by atoms with Crippen LogP contribution >= 0.6 is 22.7 Å². The molecule has 0 saturated carbocycles. The first-order chi connectivity index (χ1) is 34.8. The predicted octanol–water partition coefficient (Wildman–Crippen LogP) is 18.2. The molecule has 13 rings (SSSR count). The fourth-order valence-electron chi connectivity index (χ4n) is 12.1. The van der Waals surface area contributed by atoms with E-state index in [1.807, 2.05) is 22.7 Å². The number of aryl methyl sites for hydroxylation is 2. The van der Waals surface area contributed by atoms with E-state index in [-0.39, 0.29) is 23.0 Å². The zero-order valence-corrected chi connectivity index (χ0v) is 45.9. The van der Waals surface area contributed by atoms with Gasteiger partial charge in [0, 0.05) is 53.4 Å². The Balaban J connectivity index is 1.19. The lowest BCUT2D eigenvalue weighted by molar-refractivity contribution is 0.590. The van der Waals surface area contributed by atoms with Crippen LogP contribution < -0.4 is 26.6 Å². The molecule has 0 fully saturated rings. The smallest absolute Gasteiger partial charge is 0.342 e. The molecule has 11 aromatic rings. The van der Waals surface area contributed by atoms with Crippen molar-refractivity contribution in [2.75, 3.05) is 9.80 Å². The summed E-state index contributed by atoms with van der Waals surface area (Å²) in [6.45, 7) is 29.8. The van der Waals surface area contributed by atoms with E-state index in [1.54, 1.807) is 0 Å². The second-order valence-electron chi connectivity index (χ2n) is 23.9. The van der Waals surface area contributed by atoms with Crippen molar-refractivity contribution in [1.82, 2.24) is 0 Å². The van der Waals surface area contributed by atoms with E-state index in [9.17, 15) is 0 Å². The number of benzene rings is 7. The number of rotatable bonds is 4. The molecule has 73 heavy (non-hydrogen) atoms. The van der Waals surface area contributed by atoms with E-state index in [1.165, 1.54) is 98.2 Å². The van der Waals surface area contributed by atoms with E-state index in [0.717, 1.165) is 56.0 Å². The van der Waals surface area contributed by atoms with Crippen LogP contribution in [0.4, 0.5) is 34.1 Å². The van der Waals surface area contributed by atoms with E-state index in [2.05, 4.69) is 232 Å². The molecule has 0 unspecified atom stereocenters. The standard InChI is InChI=1S/C66H61BN2O2S2/c1-36-22-26-43(49-34-72-55-20-16-14-18-45(49)55)38(3)58(36)68-51-32-42(66(11,12)13)33-52-57(51)67(62-60(68)47-30-40(64(5,6)7)24-28-53(47)70-62)63-61(48-31-41(65(8,9)10)25-29-54(48)71-63)69(52)59-37(2)23-27-44(39(59)4)50-35-73-56-21-17-15-19-46(50)56/h14-35H,1-13H3. The van der Waals surface area contributed by atoms with Crippen molar-refractivity contribution in [2.45, 2.75) is 106 Å². The molecule has 0 spiro atoms. The second kappa shape index (κ2) is 15.9. The molecule has 0 radical (unpaired) electrons. The zero-order valence-electron chi connectivity index (χ0n) is 44.3. The van der Waals surface area contributed by atoms with Crippen molar-refractivity contribution in [3.63, 3.8) is 0 Å². The predicted molar refractivity (Wildman–Crippen MR) is 317 cm³/mol. The van der Waals surface area contributed by atoms with Crippen molar-refractivity contribution >= 4 is 122 Å². The van der Waals surface area contributed by atoms with E-state index >= 15 is 0 Å². The van der Waals surface area contributed by atoms with Crippen LogP contribution in [0.5, 0.6) is 0 Å². The normalized spacial score (nSPS) is 13.7. The maximum Gasteiger partial charge on any atom is 0.342 e. The van der Waals surface area contributed by atoms with Gasteiger partial charge < -0.3 is 18.6 Å². The third kappa shape index (κ3) is 6.84. The summed E-state index contributed by atoms with van der Waals surface area (Å²) in [5, 5.41) is 9.48. The average Bonchev–Trinajstić information content (AvgIpc) is 4.15. The third-order valence-corrected chi connectivity index (χ3v) is 18.0. The number of furan rings is 2. The van der Waals surface area contributed by atoms with Gasteiger partial charge in [0.25, 0.3) is 0 Å². The van der Waals surface area contributed by atoms with Gasteiger partial charge in [0.2, 0.25) is 0 Å². The summed E-state index contributed by atoms with van der Waals surface area (Å²) in [6.07, 6.45) is 0. The molecule has 0 bridgehead atoms. The largest absolute Gasteiger partial charge is 0.468 e. The van der Waals surface area contributed by atoms with Gasteiger partial charge in [-0.15, -0.1) is 22.7 Å². The monoisotopic (exact) mass is 988 g/mol. The lowest BCUT2D eigenvalue weighted by Crippen LogP contribution is -2.60. The fraction of sp³-hybridized carbons (Fsp3) is 0.242. The lowest BCUT2D eigenvalue weighted by atomic mass is 9.37. The summed E-state index contributed by atoms with van der Waals surface area (Å²) in [5.41, 5.74) is 24.9. The molecule has 2 aliphatic rings. The van der Waals surface area contributed by atoms with Crippen molar-refractivity contribution in [1.29, 1.82) is 0 Å². The molecule has 0 N–H and O–H groups in total. The van der Waals surface area contributed by atoms with Gasteiger partial charge in [0.05, 0.1) is 22.7 Å². The summed E-state index contributed by atoms with van der Waals surface area (Å²) in [4.78, 5) is 5.22. The molecule has 7 heteroatoms. The summed E-state index contributed by atoms with van der Waals surface area (Å²) in [7, 11) is 0. The Kier molecular flexibility index (Phi) is 10.00. The van der Waals surface area contributed by atoms with Crippen molar-refractivity contribution in [3.8, 4) is 22.3 Å². The highest BCUT2D eigenvalue weighted by atomic mass is 32.1. The Hall–Kier alpha value is -6.80. The first kappa shape index (κ1) is 46.0. The zero-order chi connectivity index (χ0) is 50.8. The fourth-order valence-corrected chi connectivity index (χ4v) is 14.0. The Morgan fingerprint density at radius 3 is 1.23 bits per heavy atom. The number of fused-ring (bicyclic) bond motifs is 10. The van der Waals surface area contributed by atoms with Crippen LogP contribution in [0.25, 0.3) is 64.4 Å². The maximum atomic E-state index is 7.51. The van der Waals surface area contributed by atoms with E-state index in [0.29, 0.717) is 0 Å². The Bertz CT molecular complexity index is 3870. The first-order valence-electron chi connectivity index (χ1n) is 25.8. The molecule has 0 atom stereocenters. The second-order valence-corrected chi connectivity index (χ2v) is 25.8. The number of nitrogens with zero attached hydrogens (tertiary/aromatic N) is 2. The quantitative estimate of drug-likeness (QED) is 0.165. The van der Waals surface area contributed by atoms with Gasteiger partial charge >= 0.3 is 6.71 Å². The van der Waals surface area contributed by atoms with Crippen molar-refractivity contribution < 1.29 is 8.83 Å². The van der Waals surface area contributed by atoms with Gasteiger partial charge in [-0.05, 0) is 159 Å². The minimum Gasteiger partial charge on any atom is -0.468 e. The average molecular weight is 989 g/mol. The summed E-state index contributed by atoms with van der Waals surface area (Å²) in [5.74, 6) is 0. The number of thiophene rings is 2. The molecule has 2 aliphatic heterocycles. The van der Waals surface area contributed by atoms with Gasteiger partial charge in [-0.25, -0.2) is 0 Å². The first-order valence-corrected chi connectivity index (χ1v) is 27.6. The molecular weight excluding hydrogens is 928 g/mol. The highest BCUT2D eigenvalue weighted by molar-refractivity contribution is 7.18. The molecule has 0 amide bonds. The summed E-state index contributed by atoms with van der Waals surface area (Å²) in [6, 6.07) is 45.7. The topological polar surface area (TPSA) is 32.8 Å². The Morgan fingerprint density at radius 2 is 0.822 bits per heavy atom. The van der Waals surface area contributed by atoms with Gasteiger partial charge in [-0.3, -0.25) is 0 Å². The number of hydrogen-bond donors (Lipinski definition) is 0. The number of anilines is 6. The Morgan fingerprint density at radius 1 is 0.411 bits per heavy atom. The van der Waals surface area contributed by atoms with Crippen LogP contribution in [0.15, 0.2) is 141 Å². The SMILES string of the molecule is Cc1ccc(-c2csc3ccccc23)c(C)c1N1c2cc(C(C)(C)C)cc3c2B(c2oc4ccc(C(C)(C)C)cc4c21)c1oc2ccc(C(C)(C)C)cc2c1N3c1c(C)ccc(-c2csc3ccccc23)c1C. The lowest BCUT2D eigenvalue weighted by Gasteiger charge is -2.43. The molecule has 0 saturated heterocycles. The molecule has 4 aromatic heterocycles. The molecule has 0 aliphatic carbocycles. The van der Waals surface area contributed by atoms with Gasteiger partial charge in [-0.1, -0.05) is 135 Å². The van der Waals surface area contributed by atoms with Crippen molar-refractivity contribution in [3.05, 3.63) is 171 Å². The molecule has 7 aromatic carbocycles. The minimum absolute atomic E-state index is 0.0876. The minimum atomic E-state index is -0.346. The maximum absolute atomic E-state index is 7.51. The Labute approximate surface area is 438 Å². The van der Waals surface area contributed by atoms with E-state index < -0.39 is 0 Å². The summed E-state index contributed by atoms with van der Waals surface area (Å²) >= 11 is 3.64. The van der Waals surface area contributed by atoms with Gasteiger partial charge in [0.15, 0.2) is 0 Å². The molecule has 4 nitrogen and oxygen atoms in total.